The first-order chi connectivity index (χ1) is 9.49. The molecule has 1 N–H and O–H groups in total. The van der Waals surface area contributed by atoms with E-state index in [4.69, 9.17) is 0 Å². The normalized spacial score (nSPS) is 12.2. The van der Waals surface area contributed by atoms with Crippen LogP contribution in [0.4, 0.5) is 5.69 Å². The number of aliphatic hydroxyl groups excluding tert-OH is 1. The van der Waals surface area contributed by atoms with E-state index in [1.807, 2.05) is 12.1 Å². The predicted molar refractivity (Wildman–Crippen MR) is 83.6 cm³/mol. The van der Waals surface area contributed by atoms with E-state index >= 15 is 0 Å². The van der Waals surface area contributed by atoms with Gasteiger partial charge in [0.2, 0.25) is 0 Å². The number of benzene rings is 2. The zero-order valence-electron chi connectivity index (χ0n) is 10.3. The number of aliphatic hydroxyl groups is 1. The first kappa shape index (κ1) is 15.2. The minimum atomic E-state index is -0.807. The molecule has 2 rings (SSSR count). The third-order valence-electron chi connectivity index (χ3n) is 2.92. The van der Waals surface area contributed by atoms with E-state index in [2.05, 4.69) is 31.9 Å². The fourth-order valence-corrected chi connectivity index (χ4v) is 3.26. The molecule has 104 valence electrons. The summed E-state index contributed by atoms with van der Waals surface area (Å²) in [7, 11) is 0. The van der Waals surface area contributed by atoms with Crippen LogP contribution in [0.2, 0.25) is 0 Å². The van der Waals surface area contributed by atoms with Crippen molar-refractivity contribution >= 4 is 37.5 Å². The van der Waals surface area contributed by atoms with Gasteiger partial charge < -0.3 is 5.11 Å². The molecule has 2 aromatic rings. The summed E-state index contributed by atoms with van der Waals surface area (Å²) in [5.74, 6) is 0. The summed E-state index contributed by atoms with van der Waals surface area (Å²) in [5.41, 5.74) is 1.24. The molecule has 0 saturated heterocycles. The molecule has 0 spiro atoms. The van der Waals surface area contributed by atoms with Gasteiger partial charge in [0.15, 0.2) is 0 Å². The number of para-hydroxylation sites is 1. The van der Waals surface area contributed by atoms with Crippen molar-refractivity contribution in [3.63, 3.8) is 0 Å². The predicted octanol–water partition coefficient (Wildman–Crippen LogP) is 4.40. The lowest BCUT2D eigenvalue weighted by Gasteiger charge is -2.13. The Kier molecular flexibility index (Phi) is 4.91. The number of nitro benzene ring substituents is 1. The quantitative estimate of drug-likeness (QED) is 0.611. The molecule has 1 unspecified atom stereocenters. The van der Waals surface area contributed by atoms with Crippen LogP contribution >= 0.6 is 31.9 Å². The summed E-state index contributed by atoms with van der Waals surface area (Å²) in [5, 5.41) is 21.2. The SMILES string of the molecule is O=[N+]([O-])c1ccccc1CC(O)c1ccc(Br)cc1Br. The van der Waals surface area contributed by atoms with Gasteiger partial charge in [0.25, 0.3) is 5.69 Å². The highest BCUT2D eigenvalue weighted by Crippen LogP contribution is 2.30. The molecular formula is C14H11Br2NO3. The summed E-state index contributed by atoms with van der Waals surface area (Å²) >= 11 is 6.73. The van der Waals surface area contributed by atoms with E-state index in [0.717, 1.165) is 8.95 Å². The van der Waals surface area contributed by atoms with Crippen molar-refractivity contribution in [3.8, 4) is 0 Å². The Bertz CT molecular complexity index is 646. The van der Waals surface area contributed by atoms with Gasteiger partial charge in [0, 0.05) is 27.0 Å². The summed E-state index contributed by atoms with van der Waals surface area (Å²) in [4.78, 5) is 10.5. The van der Waals surface area contributed by atoms with Crippen LogP contribution in [0.25, 0.3) is 0 Å². The first-order valence-corrected chi connectivity index (χ1v) is 7.43. The second-order valence-electron chi connectivity index (χ2n) is 4.27. The van der Waals surface area contributed by atoms with Gasteiger partial charge in [0.05, 0.1) is 11.0 Å². The van der Waals surface area contributed by atoms with Crippen LogP contribution in [0, 0.1) is 10.1 Å². The smallest absolute Gasteiger partial charge is 0.272 e. The lowest BCUT2D eigenvalue weighted by atomic mass is 10.0. The Balaban J connectivity index is 2.28. The molecule has 4 nitrogen and oxygen atoms in total. The van der Waals surface area contributed by atoms with Crippen LogP contribution < -0.4 is 0 Å². The standard InChI is InChI=1S/C14H11Br2NO3/c15-10-5-6-11(12(16)8-10)14(18)7-9-3-1-2-4-13(9)17(19)20/h1-6,8,14,18H,7H2. The molecule has 0 heterocycles. The Morgan fingerprint density at radius 1 is 1.20 bits per heavy atom. The molecule has 0 aliphatic rings. The number of nitrogens with zero attached hydrogens (tertiary/aromatic N) is 1. The Labute approximate surface area is 132 Å². The molecular weight excluding hydrogens is 390 g/mol. The zero-order valence-corrected chi connectivity index (χ0v) is 13.5. The Morgan fingerprint density at radius 2 is 1.90 bits per heavy atom. The maximum Gasteiger partial charge on any atom is 0.272 e. The summed E-state index contributed by atoms with van der Waals surface area (Å²) < 4.78 is 1.66. The van der Waals surface area contributed by atoms with Crippen molar-refractivity contribution in [1.82, 2.24) is 0 Å². The number of nitro groups is 1. The monoisotopic (exact) mass is 399 g/mol. The topological polar surface area (TPSA) is 63.4 Å². The van der Waals surface area contributed by atoms with E-state index < -0.39 is 11.0 Å². The summed E-state index contributed by atoms with van der Waals surface area (Å²) in [6, 6.07) is 11.9. The fourth-order valence-electron chi connectivity index (χ4n) is 1.95. The third kappa shape index (κ3) is 3.45. The van der Waals surface area contributed by atoms with Gasteiger partial charge in [-0.1, -0.05) is 56.1 Å². The highest BCUT2D eigenvalue weighted by Gasteiger charge is 2.18. The van der Waals surface area contributed by atoms with Crippen LogP contribution in [-0.4, -0.2) is 10.0 Å². The molecule has 0 aliphatic carbocycles. The van der Waals surface area contributed by atoms with Crippen molar-refractivity contribution in [2.24, 2.45) is 0 Å². The van der Waals surface area contributed by atoms with Crippen molar-refractivity contribution < 1.29 is 10.0 Å². The molecule has 0 fully saturated rings. The van der Waals surface area contributed by atoms with Gasteiger partial charge >= 0.3 is 0 Å². The van der Waals surface area contributed by atoms with Crippen LogP contribution in [0.15, 0.2) is 51.4 Å². The maximum atomic E-state index is 11.0. The highest BCUT2D eigenvalue weighted by atomic mass is 79.9. The van der Waals surface area contributed by atoms with Gasteiger partial charge in [-0.05, 0) is 17.7 Å². The average molecular weight is 401 g/mol. The number of rotatable bonds is 4. The molecule has 1 atom stereocenters. The molecule has 0 radical (unpaired) electrons. The summed E-state index contributed by atoms with van der Waals surface area (Å²) in [6.45, 7) is 0. The lowest BCUT2D eigenvalue weighted by Crippen LogP contribution is -2.05. The molecule has 2 aromatic carbocycles. The first-order valence-electron chi connectivity index (χ1n) is 5.84. The van der Waals surface area contributed by atoms with E-state index in [1.54, 1.807) is 24.3 Å². The van der Waals surface area contributed by atoms with Crippen molar-refractivity contribution in [3.05, 3.63) is 72.7 Å². The molecule has 0 aliphatic heterocycles. The van der Waals surface area contributed by atoms with Crippen LogP contribution in [0.5, 0.6) is 0 Å². The van der Waals surface area contributed by atoms with Gasteiger partial charge in [0.1, 0.15) is 0 Å². The van der Waals surface area contributed by atoms with E-state index in [-0.39, 0.29) is 12.1 Å². The van der Waals surface area contributed by atoms with Crippen LogP contribution in [-0.2, 0) is 6.42 Å². The Hall–Kier alpha value is -1.24. The lowest BCUT2D eigenvalue weighted by molar-refractivity contribution is -0.385. The number of hydrogen-bond acceptors (Lipinski definition) is 3. The Morgan fingerprint density at radius 3 is 2.55 bits per heavy atom. The zero-order chi connectivity index (χ0) is 14.7. The van der Waals surface area contributed by atoms with Gasteiger partial charge in [-0.25, -0.2) is 0 Å². The maximum absolute atomic E-state index is 11.0. The molecule has 0 amide bonds. The summed E-state index contributed by atoms with van der Waals surface area (Å²) in [6.07, 6.45) is -0.615. The molecule has 0 bridgehead atoms. The van der Waals surface area contributed by atoms with Crippen molar-refractivity contribution in [1.29, 1.82) is 0 Å². The van der Waals surface area contributed by atoms with Crippen LogP contribution in [0.1, 0.15) is 17.2 Å². The number of hydrogen-bond donors (Lipinski definition) is 1. The van der Waals surface area contributed by atoms with Gasteiger partial charge in [-0.2, -0.15) is 0 Å². The van der Waals surface area contributed by atoms with Crippen molar-refractivity contribution in [2.45, 2.75) is 12.5 Å². The van der Waals surface area contributed by atoms with E-state index in [9.17, 15) is 15.2 Å². The van der Waals surface area contributed by atoms with E-state index in [0.29, 0.717) is 11.1 Å². The largest absolute Gasteiger partial charge is 0.388 e. The van der Waals surface area contributed by atoms with Crippen LogP contribution in [0.3, 0.4) is 0 Å². The minimum absolute atomic E-state index is 0.0276. The molecule has 0 saturated carbocycles. The van der Waals surface area contributed by atoms with E-state index in [1.165, 1.54) is 6.07 Å². The molecule has 0 aromatic heterocycles. The average Bonchev–Trinajstić information content (AvgIpc) is 2.38. The second-order valence-corrected chi connectivity index (χ2v) is 6.04. The number of halogens is 2. The van der Waals surface area contributed by atoms with Crippen molar-refractivity contribution in [2.75, 3.05) is 0 Å². The molecule has 20 heavy (non-hydrogen) atoms. The third-order valence-corrected chi connectivity index (χ3v) is 4.10. The fraction of sp³-hybridized carbons (Fsp3) is 0.143. The minimum Gasteiger partial charge on any atom is -0.388 e. The van der Waals surface area contributed by atoms with Gasteiger partial charge in [-0.15, -0.1) is 0 Å². The van der Waals surface area contributed by atoms with Gasteiger partial charge in [-0.3, -0.25) is 10.1 Å². The second kappa shape index (κ2) is 6.47. The highest BCUT2D eigenvalue weighted by molar-refractivity contribution is 9.11. The molecule has 6 heteroatoms.